The number of hydrogen-bond acceptors (Lipinski definition) is 3. The van der Waals surface area contributed by atoms with Gasteiger partial charge in [0, 0.05) is 18.2 Å². The summed E-state index contributed by atoms with van der Waals surface area (Å²) in [6, 6.07) is 11.9. The van der Waals surface area contributed by atoms with Gasteiger partial charge in [-0.25, -0.2) is 9.18 Å². The monoisotopic (exact) mass is 325 g/mol. The summed E-state index contributed by atoms with van der Waals surface area (Å²) in [4.78, 5) is 12.0. The van der Waals surface area contributed by atoms with Crippen LogP contribution in [0.4, 0.5) is 9.18 Å². The number of aromatic nitrogens is 3. The first-order valence-corrected chi connectivity index (χ1v) is 7.79. The largest absolute Gasteiger partial charge is 0.335 e. The van der Waals surface area contributed by atoms with E-state index in [4.69, 9.17) is 0 Å². The number of carbonyl (C=O) groups is 1. The van der Waals surface area contributed by atoms with Crippen LogP contribution in [0, 0.1) is 5.82 Å². The van der Waals surface area contributed by atoms with Crippen molar-refractivity contribution >= 4 is 11.7 Å². The third kappa shape index (κ3) is 2.92. The van der Waals surface area contributed by atoms with Gasteiger partial charge >= 0.3 is 6.03 Å². The standard InChI is InChI=1S/C17H16FN5O/c18-12-5-3-4-11(8-12)13-9-14(13)20-17(24)19-10-16-22-21-15-6-1-2-7-23(15)16/h1-8,13-14H,9-10H2,(H2,19,20,24)/t13-,14-/m0/s1. The van der Waals surface area contributed by atoms with Gasteiger partial charge in [0.25, 0.3) is 0 Å². The van der Waals surface area contributed by atoms with E-state index in [0.717, 1.165) is 17.6 Å². The van der Waals surface area contributed by atoms with Gasteiger partial charge in [-0.1, -0.05) is 18.2 Å². The second-order valence-corrected chi connectivity index (χ2v) is 5.88. The number of benzene rings is 1. The van der Waals surface area contributed by atoms with E-state index < -0.39 is 0 Å². The second-order valence-electron chi connectivity index (χ2n) is 5.88. The lowest BCUT2D eigenvalue weighted by Crippen LogP contribution is -2.37. The molecule has 2 heterocycles. The van der Waals surface area contributed by atoms with Crippen LogP contribution in [0.5, 0.6) is 0 Å². The van der Waals surface area contributed by atoms with E-state index in [1.807, 2.05) is 34.9 Å². The Balaban J connectivity index is 1.32. The Morgan fingerprint density at radius 2 is 2.17 bits per heavy atom. The molecule has 0 aliphatic heterocycles. The molecule has 0 spiro atoms. The Bertz CT molecular complexity index is 893. The van der Waals surface area contributed by atoms with E-state index in [9.17, 15) is 9.18 Å². The van der Waals surface area contributed by atoms with Gasteiger partial charge in [0.2, 0.25) is 0 Å². The first-order valence-electron chi connectivity index (χ1n) is 7.79. The van der Waals surface area contributed by atoms with Gasteiger partial charge in [-0.05, 0) is 36.2 Å². The summed E-state index contributed by atoms with van der Waals surface area (Å²) in [7, 11) is 0. The number of carbonyl (C=O) groups excluding carboxylic acids is 1. The van der Waals surface area contributed by atoms with Crippen molar-refractivity contribution in [2.75, 3.05) is 0 Å². The highest BCUT2D eigenvalue weighted by Gasteiger charge is 2.39. The molecular weight excluding hydrogens is 309 g/mol. The molecule has 0 radical (unpaired) electrons. The summed E-state index contributed by atoms with van der Waals surface area (Å²) in [6.07, 6.45) is 2.68. The van der Waals surface area contributed by atoms with Crippen molar-refractivity contribution < 1.29 is 9.18 Å². The molecule has 1 saturated carbocycles. The van der Waals surface area contributed by atoms with Crippen molar-refractivity contribution in [1.82, 2.24) is 25.2 Å². The highest BCUT2D eigenvalue weighted by atomic mass is 19.1. The zero-order chi connectivity index (χ0) is 16.5. The number of nitrogens with one attached hydrogen (secondary N) is 2. The quantitative estimate of drug-likeness (QED) is 0.773. The number of nitrogens with zero attached hydrogens (tertiary/aromatic N) is 3. The third-order valence-corrected chi connectivity index (χ3v) is 4.18. The maximum atomic E-state index is 13.2. The van der Waals surface area contributed by atoms with Crippen molar-refractivity contribution in [3.8, 4) is 0 Å². The van der Waals surface area contributed by atoms with Gasteiger partial charge in [-0.15, -0.1) is 10.2 Å². The average molecular weight is 325 g/mol. The van der Waals surface area contributed by atoms with E-state index in [2.05, 4.69) is 20.8 Å². The van der Waals surface area contributed by atoms with Crippen molar-refractivity contribution in [3.05, 3.63) is 65.9 Å². The summed E-state index contributed by atoms with van der Waals surface area (Å²) >= 11 is 0. The van der Waals surface area contributed by atoms with Crippen molar-refractivity contribution in [3.63, 3.8) is 0 Å². The zero-order valence-corrected chi connectivity index (χ0v) is 12.8. The highest BCUT2D eigenvalue weighted by Crippen LogP contribution is 2.40. The fraction of sp³-hybridized carbons (Fsp3) is 0.235. The van der Waals surface area contributed by atoms with Crippen LogP contribution in [0.15, 0.2) is 48.7 Å². The molecule has 122 valence electrons. The SMILES string of the molecule is O=C(NCc1nnc2ccccn12)N[C@H]1C[C@H]1c1cccc(F)c1. The molecular formula is C17H16FN5O. The Hall–Kier alpha value is -2.96. The maximum absolute atomic E-state index is 13.2. The van der Waals surface area contributed by atoms with Gasteiger partial charge < -0.3 is 10.6 Å². The van der Waals surface area contributed by atoms with Crippen LogP contribution in [0.1, 0.15) is 23.7 Å². The molecule has 0 bridgehead atoms. The van der Waals surface area contributed by atoms with Crippen LogP contribution in [-0.4, -0.2) is 26.7 Å². The molecule has 6 nitrogen and oxygen atoms in total. The lowest BCUT2D eigenvalue weighted by Gasteiger charge is -2.07. The summed E-state index contributed by atoms with van der Waals surface area (Å²) < 4.78 is 15.1. The van der Waals surface area contributed by atoms with E-state index in [-0.39, 0.29) is 30.4 Å². The number of urea groups is 1. The van der Waals surface area contributed by atoms with Crippen LogP contribution >= 0.6 is 0 Å². The number of amides is 2. The molecule has 24 heavy (non-hydrogen) atoms. The minimum absolute atomic E-state index is 0.0435. The summed E-state index contributed by atoms with van der Waals surface area (Å²) in [5.41, 5.74) is 1.66. The summed E-state index contributed by atoms with van der Waals surface area (Å²) in [6.45, 7) is 0.286. The van der Waals surface area contributed by atoms with E-state index in [1.54, 1.807) is 6.07 Å². The number of pyridine rings is 1. The van der Waals surface area contributed by atoms with E-state index >= 15 is 0 Å². The smallest absolute Gasteiger partial charge is 0.315 e. The fourth-order valence-corrected chi connectivity index (χ4v) is 2.85. The second kappa shape index (κ2) is 5.92. The molecule has 2 atom stereocenters. The maximum Gasteiger partial charge on any atom is 0.315 e. The fourth-order valence-electron chi connectivity index (χ4n) is 2.85. The molecule has 1 aromatic carbocycles. The molecule has 0 unspecified atom stereocenters. The normalized spacial score (nSPS) is 19.2. The van der Waals surface area contributed by atoms with E-state index in [0.29, 0.717) is 5.82 Å². The predicted molar refractivity (Wildman–Crippen MR) is 85.9 cm³/mol. The van der Waals surface area contributed by atoms with E-state index in [1.165, 1.54) is 12.1 Å². The van der Waals surface area contributed by atoms with Crippen molar-refractivity contribution in [1.29, 1.82) is 0 Å². The molecule has 2 N–H and O–H groups in total. The highest BCUT2D eigenvalue weighted by molar-refractivity contribution is 5.74. The molecule has 1 aliphatic rings. The molecule has 0 saturated heterocycles. The van der Waals surface area contributed by atoms with Gasteiger partial charge in [0.05, 0.1) is 6.54 Å². The van der Waals surface area contributed by atoms with Gasteiger partial charge in [0.1, 0.15) is 5.82 Å². The number of halogens is 1. The molecule has 2 aromatic heterocycles. The molecule has 1 fully saturated rings. The van der Waals surface area contributed by atoms with Crippen LogP contribution in [0.3, 0.4) is 0 Å². The first kappa shape index (κ1) is 14.6. The third-order valence-electron chi connectivity index (χ3n) is 4.18. The Morgan fingerprint density at radius 3 is 3.04 bits per heavy atom. The minimum Gasteiger partial charge on any atom is -0.335 e. The lowest BCUT2D eigenvalue weighted by atomic mass is 10.1. The van der Waals surface area contributed by atoms with Crippen LogP contribution < -0.4 is 10.6 Å². The summed E-state index contributed by atoms with van der Waals surface area (Å²) in [5, 5.41) is 13.8. The molecule has 3 aromatic rings. The predicted octanol–water partition coefficient (Wildman–Crippen LogP) is 2.22. The minimum atomic E-state index is -0.258. The average Bonchev–Trinajstić information content (AvgIpc) is 3.22. The van der Waals surface area contributed by atoms with Crippen LogP contribution in [0.25, 0.3) is 5.65 Å². The molecule has 7 heteroatoms. The number of rotatable bonds is 4. The zero-order valence-electron chi connectivity index (χ0n) is 12.8. The number of hydrogen-bond donors (Lipinski definition) is 2. The Labute approximate surface area is 137 Å². The summed E-state index contributed by atoms with van der Waals surface area (Å²) in [5.74, 6) is 0.597. The van der Waals surface area contributed by atoms with Crippen molar-refractivity contribution in [2.24, 2.45) is 0 Å². The van der Waals surface area contributed by atoms with Crippen LogP contribution in [0.2, 0.25) is 0 Å². The number of fused-ring (bicyclic) bond motifs is 1. The van der Waals surface area contributed by atoms with Gasteiger partial charge in [0.15, 0.2) is 11.5 Å². The topological polar surface area (TPSA) is 71.3 Å². The molecule has 1 aliphatic carbocycles. The Morgan fingerprint density at radius 1 is 1.25 bits per heavy atom. The molecule has 2 amide bonds. The first-order chi connectivity index (χ1) is 11.7. The lowest BCUT2D eigenvalue weighted by molar-refractivity contribution is 0.239. The van der Waals surface area contributed by atoms with Crippen molar-refractivity contribution in [2.45, 2.75) is 24.9 Å². The van der Waals surface area contributed by atoms with Gasteiger partial charge in [-0.2, -0.15) is 0 Å². The molecule has 4 rings (SSSR count). The van der Waals surface area contributed by atoms with Crippen LogP contribution in [-0.2, 0) is 6.54 Å². The van der Waals surface area contributed by atoms with Gasteiger partial charge in [-0.3, -0.25) is 4.40 Å². The Kier molecular flexibility index (Phi) is 3.60.